The Hall–Kier alpha value is -3.48. The number of alkyl carbamates (subject to hydrolysis) is 1. The molecule has 0 radical (unpaired) electrons. The van der Waals surface area contributed by atoms with E-state index in [0.29, 0.717) is 18.3 Å². The van der Waals surface area contributed by atoms with Crippen molar-refractivity contribution < 1.29 is 14.3 Å². The second-order valence-corrected chi connectivity index (χ2v) is 11.8. The lowest BCUT2D eigenvalue weighted by Crippen LogP contribution is -2.42. The van der Waals surface area contributed by atoms with Gasteiger partial charge in [0.05, 0.1) is 5.52 Å². The number of benzene rings is 2. The van der Waals surface area contributed by atoms with Crippen LogP contribution in [-0.2, 0) is 11.3 Å². The van der Waals surface area contributed by atoms with Crippen molar-refractivity contribution in [1.82, 2.24) is 9.88 Å². The van der Waals surface area contributed by atoms with Gasteiger partial charge in [0.1, 0.15) is 12.2 Å². The quantitative estimate of drug-likeness (QED) is 0.418. The molecule has 1 saturated carbocycles. The van der Waals surface area contributed by atoms with Crippen LogP contribution in [0.4, 0.5) is 10.5 Å². The lowest BCUT2D eigenvalue weighted by Gasteiger charge is -2.26. The molecule has 1 aliphatic carbocycles. The van der Waals surface area contributed by atoms with Crippen molar-refractivity contribution in [3.8, 4) is 5.75 Å². The molecule has 1 N–H and O–H groups in total. The number of nitrogens with one attached hydrogen (secondary N) is 1. The summed E-state index contributed by atoms with van der Waals surface area (Å²) in [6, 6.07) is 16.3. The predicted octanol–water partition coefficient (Wildman–Crippen LogP) is 5.96. The number of anilines is 1. The van der Waals surface area contributed by atoms with Gasteiger partial charge in [-0.2, -0.15) is 0 Å². The van der Waals surface area contributed by atoms with Crippen molar-refractivity contribution in [1.29, 1.82) is 0 Å². The summed E-state index contributed by atoms with van der Waals surface area (Å²) >= 11 is 0. The summed E-state index contributed by atoms with van der Waals surface area (Å²) < 4.78 is 13.4. The number of carbonyl (C=O) groups is 1. The standard InChI is InChI=1S/C31H39N3O4/c1-20-26(33-16-15-24(18-33)21(2)32-30(36)38-31(3,4)5)14-11-23-17-27(37-19-22-9-7-6-8-10-22)29(35)34(28(20)23)25-12-13-25/h6-11,14,17,21,24-25H,12-13,15-16,18-19H2,1-5H3,(H,32,36)/t21-,24+/m0/s1. The smallest absolute Gasteiger partial charge is 0.407 e. The fourth-order valence-electron chi connectivity index (χ4n) is 5.46. The molecule has 1 amide bonds. The third kappa shape index (κ3) is 5.66. The summed E-state index contributed by atoms with van der Waals surface area (Å²) in [4.78, 5) is 28.3. The van der Waals surface area contributed by atoms with E-state index in [4.69, 9.17) is 9.47 Å². The van der Waals surface area contributed by atoms with E-state index in [-0.39, 0.29) is 23.7 Å². The molecular weight excluding hydrogens is 478 g/mol. The first-order valence-electron chi connectivity index (χ1n) is 13.7. The van der Waals surface area contributed by atoms with E-state index >= 15 is 0 Å². The highest BCUT2D eigenvalue weighted by atomic mass is 16.6. The van der Waals surface area contributed by atoms with Crippen LogP contribution < -0.4 is 20.5 Å². The van der Waals surface area contributed by atoms with Crippen LogP contribution in [0.5, 0.6) is 5.75 Å². The van der Waals surface area contributed by atoms with E-state index in [9.17, 15) is 9.59 Å². The fourth-order valence-corrected chi connectivity index (χ4v) is 5.46. The predicted molar refractivity (Wildman–Crippen MR) is 151 cm³/mol. The molecule has 1 aromatic heterocycles. The van der Waals surface area contributed by atoms with Gasteiger partial charge in [0, 0.05) is 36.2 Å². The van der Waals surface area contributed by atoms with Gasteiger partial charge in [-0.05, 0) is 83.1 Å². The number of amides is 1. The first-order valence-corrected chi connectivity index (χ1v) is 13.7. The summed E-state index contributed by atoms with van der Waals surface area (Å²) in [5.41, 5.74) is 3.75. The van der Waals surface area contributed by atoms with Crippen LogP contribution in [0.15, 0.2) is 53.3 Å². The fraction of sp³-hybridized carbons (Fsp3) is 0.484. The normalized spacial score (nSPS) is 18.4. The Morgan fingerprint density at radius 2 is 1.84 bits per heavy atom. The number of carbonyl (C=O) groups excluding carboxylic acids is 1. The molecule has 2 aromatic carbocycles. The molecular formula is C31H39N3O4. The lowest BCUT2D eigenvalue weighted by atomic mass is 10.0. The molecule has 7 heteroatoms. The molecule has 0 spiro atoms. The minimum Gasteiger partial charge on any atom is -0.483 e. The monoisotopic (exact) mass is 517 g/mol. The summed E-state index contributed by atoms with van der Waals surface area (Å²) in [5, 5.41) is 4.04. The highest BCUT2D eigenvalue weighted by Gasteiger charge is 2.32. The zero-order chi connectivity index (χ0) is 27.0. The van der Waals surface area contributed by atoms with Gasteiger partial charge in [-0.1, -0.05) is 36.4 Å². The van der Waals surface area contributed by atoms with Crippen LogP contribution in [0.2, 0.25) is 0 Å². The third-order valence-electron chi connectivity index (χ3n) is 7.56. The first kappa shape index (κ1) is 26.1. The average Bonchev–Trinajstić information content (AvgIpc) is 3.58. The van der Waals surface area contributed by atoms with Crippen LogP contribution in [0.3, 0.4) is 0 Å². The maximum Gasteiger partial charge on any atom is 0.407 e. The molecule has 38 heavy (non-hydrogen) atoms. The van der Waals surface area contributed by atoms with Crippen molar-refractivity contribution >= 4 is 22.7 Å². The van der Waals surface area contributed by atoms with E-state index < -0.39 is 5.60 Å². The number of rotatable bonds is 7. The molecule has 3 aromatic rings. The minimum atomic E-state index is -0.516. The summed E-state index contributed by atoms with van der Waals surface area (Å²) in [6.45, 7) is 11.9. The number of hydrogen-bond donors (Lipinski definition) is 1. The Morgan fingerprint density at radius 3 is 2.53 bits per heavy atom. The second-order valence-electron chi connectivity index (χ2n) is 11.8. The Bertz CT molecular complexity index is 1370. The van der Waals surface area contributed by atoms with Crippen molar-refractivity contribution in [2.24, 2.45) is 5.92 Å². The maximum absolute atomic E-state index is 13.6. The van der Waals surface area contributed by atoms with Gasteiger partial charge in [-0.3, -0.25) is 4.79 Å². The Kier molecular flexibility index (Phi) is 7.12. The molecule has 2 fully saturated rings. The van der Waals surface area contributed by atoms with Crippen molar-refractivity contribution in [2.75, 3.05) is 18.0 Å². The van der Waals surface area contributed by atoms with Gasteiger partial charge >= 0.3 is 6.09 Å². The number of ether oxygens (including phenoxy) is 2. The molecule has 0 unspecified atom stereocenters. The summed E-state index contributed by atoms with van der Waals surface area (Å²) in [5.74, 6) is 0.723. The van der Waals surface area contributed by atoms with Crippen LogP contribution >= 0.6 is 0 Å². The van der Waals surface area contributed by atoms with Crippen LogP contribution in [0.1, 0.15) is 64.1 Å². The number of fused-ring (bicyclic) bond motifs is 1. The van der Waals surface area contributed by atoms with Gasteiger partial charge in [-0.25, -0.2) is 4.79 Å². The topological polar surface area (TPSA) is 72.8 Å². The number of pyridine rings is 1. The van der Waals surface area contributed by atoms with Crippen molar-refractivity contribution in [2.45, 2.75) is 78.2 Å². The Morgan fingerprint density at radius 1 is 1.11 bits per heavy atom. The first-order chi connectivity index (χ1) is 18.1. The van der Waals surface area contributed by atoms with Crippen LogP contribution in [-0.4, -0.2) is 35.4 Å². The van der Waals surface area contributed by atoms with Crippen LogP contribution in [0, 0.1) is 12.8 Å². The van der Waals surface area contributed by atoms with E-state index in [1.807, 2.05) is 68.7 Å². The van der Waals surface area contributed by atoms with Gasteiger partial charge in [0.25, 0.3) is 5.56 Å². The summed E-state index contributed by atoms with van der Waals surface area (Å²) in [7, 11) is 0. The largest absolute Gasteiger partial charge is 0.483 e. The lowest BCUT2D eigenvalue weighted by molar-refractivity contribution is 0.0494. The zero-order valence-electron chi connectivity index (χ0n) is 23.1. The van der Waals surface area contributed by atoms with E-state index in [2.05, 4.69) is 29.3 Å². The highest BCUT2D eigenvalue weighted by molar-refractivity contribution is 5.88. The molecule has 1 saturated heterocycles. The zero-order valence-corrected chi connectivity index (χ0v) is 23.1. The third-order valence-corrected chi connectivity index (χ3v) is 7.56. The van der Waals surface area contributed by atoms with Crippen LogP contribution in [0.25, 0.3) is 10.9 Å². The van der Waals surface area contributed by atoms with Crippen molar-refractivity contribution in [3.05, 3.63) is 70.0 Å². The number of aryl methyl sites for hydroxylation is 1. The Labute approximate surface area is 224 Å². The van der Waals surface area contributed by atoms with Gasteiger partial charge in [0.15, 0.2) is 5.75 Å². The molecule has 1 aliphatic heterocycles. The average molecular weight is 518 g/mol. The Balaban J connectivity index is 1.38. The molecule has 0 bridgehead atoms. The molecule has 2 heterocycles. The number of hydrogen-bond acceptors (Lipinski definition) is 5. The number of nitrogens with zero attached hydrogens (tertiary/aromatic N) is 2. The number of aromatic nitrogens is 1. The minimum absolute atomic E-state index is 0.00424. The molecule has 7 nitrogen and oxygen atoms in total. The second kappa shape index (κ2) is 10.4. The summed E-state index contributed by atoms with van der Waals surface area (Å²) in [6.07, 6.45) is 2.64. The van der Waals surface area contributed by atoms with E-state index in [1.165, 1.54) is 0 Å². The van der Waals surface area contributed by atoms with E-state index in [1.54, 1.807) is 0 Å². The molecule has 2 atom stereocenters. The van der Waals surface area contributed by atoms with Gasteiger partial charge < -0.3 is 24.3 Å². The van der Waals surface area contributed by atoms with Gasteiger partial charge in [-0.15, -0.1) is 0 Å². The molecule has 202 valence electrons. The molecule has 2 aliphatic rings. The molecule has 5 rings (SSSR count). The van der Waals surface area contributed by atoms with Gasteiger partial charge in [0.2, 0.25) is 0 Å². The SMILES string of the molecule is Cc1c(N2CC[C@@H]([C@H](C)NC(=O)OC(C)(C)C)C2)ccc2cc(OCc3ccccc3)c(=O)n(C3CC3)c12. The highest BCUT2D eigenvalue weighted by Crippen LogP contribution is 2.40. The van der Waals surface area contributed by atoms with Crippen molar-refractivity contribution in [3.63, 3.8) is 0 Å². The maximum atomic E-state index is 13.6. The van der Waals surface area contributed by atoms with E-state index in [0.717, 1.165) is 60.1 Å².